The fourth-order valence-electron chi connectivity index (χ4n) is 1.68. The third-order valence-corrected chi connectivity index (χ3v) is 2.78. The molecule has 0 fully saturated rings. The van der Waals surface area contributed by atoms with E-state index in [0.717, 1.165) is 6.42 Å². The molecule has 1 rings (SSSR count). The lowest BCUT2D eigenvalue weighted by molar-refractivity contribution is -0.137. The second-order valence-corrected chi connectivity index (χ2v) is 4.61. The lowest BCUT2D eigenvalue weighted by Gasteiger charge is -2.20. The van der Waals surface area contributed by atoms with Crippen molar-refractivity contribution in [2.24, 2.45) is 0 Å². The Balaban J connectivity index is 2.34. The molecule has 5 nitrogen and oxygen atoms in total. The highest BCUT2D eigenvalue weighted by Gasteiger charge is 2.13. The lowest BCUT2D eigenvalue weighted by Crippen LogP contribution is -2.43. The van der Waals surface area contributed by atoms with Gasteiger partial charge in [-0.3, -0.25) is 4.79 Å². The van der Waals surface area contributed by atoms with Crippen LogP contribution in [-0.4, -0.2) is 41.6 Å². The van der Waals surface area contributed by atoms with Gasteiger partial charge in [-0.05, 0) is 18.9 Å². The zero-order valence-electron chi connectivity index (χ0n) is 11.3. The zero-order chi connectivity index (χ0) is 14.3. The molecule has 0 aliphatic carbocycles. The normalized spacial score (nSPS) is 11.7. The molecule has 1 unspecified atom stereocenters. The van der Waals surface area contributed by atoms with Crippen LogP contribution < -0.4 is 5.32 Å². The molecule has 0 saturated carbocycles. The van der Waals surface area contributed by atoms with Gasteiger partial charge in [-0.2, -0.15) is 0 Å². The van der Waals surface area contributed by atoms with Crippen molar-refractivity contribution in [1.29, 1.82) is 0 Å². The van der Waals surface area contributed by atoms with Crippen molar-refractivity contribution in [3.63, 3.8) is 0 Å². The maximum atomic E-state index is 11.8. The first-order chi connectivity index (χ1) is 8.99. The molecule has 1 aromatic rings. The first-order valence-corrected chi connectivity index (χ1v) is 6.26. The molecule has 2 N–H and O–H groups in total. The number of nitrogens with zero attached hydrogens (tertiary/aromatic N) is 1. The maximum absolute atomic E-state index is 11.8. The summed E-state index contributed by atoms with van der Waals surface area (Å²) in [6.07, 6.45) is 0.705. The van der Waals surface area contributed by atoms with E-state index in [-0.39, 0.29) is 18.5 Å². The first kappa shape index (κ1) is 15.0. The van der Waals surface area contributed by atoms with Gasteiger partial charge in [0.25, 0.3) is 0 Å². The number of urea groups is 1. The number of aliphatic carboxylic acids is 1. The van der Waals surface area contributed by atoms with Crippen LogP contribution in [0.5, 0.6) is 0 Å². The van der Waals surface area contributed by atoms with Gasteiger partial charge in [-0.25, -0.2) is 4.79 Å². The third kappa shape index (κ3) is 5.90. The minimum Gasteiger partial charge on any atom is -0.481 e. The minimum atomic E-state index is -0.917. The van der Waals surface area contributed by atoms with Crippen LogP contribution >= 0.6 is 0 Å². The predicted molar refractivity (Wildman–Crippen MR) is 73.0 cm³/mol. The van der Waals surface area contributed by atoms with E-state index in [4.69, 9.17) is 5.11 Å². The number of benzene rings is 1. The Morgan fingerprint density at radius 2 is 1.95 bits per heavy atom. The van der Waals surface area contributed by atoms with Gasteiger partial charge in [0, 0.05) is 19.6 Å². The zero-order valence-corrected chi connectivity index (χ0v) is 11.3. The number of hydrogen-bond acceptors (Lipinski definition) is 2. The molecule has 0 aliphatic rings. The molecule has 104 valence electrons. The minimum absolute atomic E-state index is 0.0712. The quantitative estimate of drug-likeness (QED) is 0.822. The number of hydrogen-bond donors (Lipinski definition) is 2. The molecule has 0 saturated heterocycles. The third-order valence-electron chi connectivity index (χ3n) is 2.78. The van der Waals surface area contributed by atoms with Crippen molar-refractivity contribution in [1.82, 2.24) is 10.2 Å². The molecular formula is C14H20N2O3. The molecule has 0 radical (unpaired) electrons. The van der Waals surface area contributed by atoms with Crippen molar-refractivity contribution in [3.05, 3.63) is 35.9 Å². The monoisotopic (exact) mass is 264 g/mol. The molecule has 1 atom stereocenters. The number of nitrogens with one attached hydrogen (secondary N) is 1. The first-order valence-electron chi connectivity index (χ1n) is 6.26. The van der Waals surface area contributed by atoms with Crippen molar-refractivity contribution in [3.8, 4) is 0 Å². The van der Waals surface area contributed by atoms with E-state index in [0.29, 0.717) is 6.54 Å². The van der Waals surface area contributed by atoms with E-state index in [1.807, 2.05) is 30.3 Å². The summed E-state index contributed by atoms with van der Waals surface area (Å²) >= 11 is 0. The molecule has 0 aliphatic heterocycles. The van der Waals surface area contributed by atoms with Crippen LogP contribution in [0.25, 0.3) is 0 Å². The molecular weight excluding hydrogens is 244 g/mol. The highest BCUT2D eigenvalue weighted by atomic mass is 16.4. The Morgan fingerprint density at radius 1 is 1.32 bits per heavy atom. The van der Waals surface area contributed by atoms with Gasteiger partial charge < -0.3 is 15.3 Å². The molecule has 2 amide bonds. The van der Waals surface area contributed by atoms with Crippen LogP contribution in [0.1, 0.15) is 18.9 Å². The average molecular weight is 264 g/mol. The van der Waals surface area contributed by atoms with E-state index >= 15 is 0 Å². The van der Waals surface area contributed by atoms with Gasteiger partial charge in [0.05, 0.1) is 6.42 Å². The predicted octanol–water partition coefficient (Wildman–Crippen LogP) is 1.73. The highest BCUT2D eigenvalue weighted by molar-refractivity contribution is 5.75. The van der Waals surface area contributed by atoms with Crippen LogP contribution in [0, 0.1) is 0 Å². The van der Waals surface area contributed by atoms with Gasteiger partial charge >= 0.3 is 12.0 Å². The maximum Gasteiger partial charge on any atom is 0.317 e. The molecule has 0 aromatic heterocycles. The molecule has 0 bridgehead atoms. The van der Waals surface area contributed by atoms with Crippen LogP contribution in [-0.2, 0) is 11.2 Å². The highest BCUT2D eigenvalue weighted by Crippen LogP contribution is 2.01. The second kappa shape index (κ2) is 7.41. The number of likely N-dealkylation sites (N-methyl/N-ethyl adjacent to an activating group) is 1. The Hall–Kier alpha value is -2.04. The molecule has 1 aromatic carbocycles. The van der Waals surface area contributed by atoms with Crippen LogP contribution in [0.3, 0.4) is 0 Å². The topological polar surface area (TPSA) is 69.6 Å². The summed E-state index contributed by atoms with van der Waals surface area (Å²) in [5, 5.41) is 11.3. The Labute approximate surface area is 113 Å². The number of amides is 2. The average Bonchev–Trinajstić information content (AvgIpc) is 2.36. The fourth-order valence-corrected chi connectivity index (χ4v) is 1.68. The van der Waals surface area contributed by atoms with E-state index in [1.165, 1.54) is 5.56 Å². The Morgan fingerprint density at radius 3 is 2.53 bits per heavy atom. The number of carbonyl (C=O) groups excluding carboxylic acids is 1. The van der Waals surface area contributed by atoms with E-state index < -0.39 is 5.97 Å². The summed E-state index contributed by atoms with van der Waals surface area (Å²) in [6.45, 7) is 2.27. The second-order valence-electron chi connectivity index (χ2n) is 4.61. The van der Waals surface area contributed by atoms with Gasteiger partial charge in [0.2, 0.25) is 0 Å². The van der Waals surface area contributed by atoms with E-state index in [1.54, 1.807) is 18.9 Å². The lowest BCUT2D eigenvalue weighted by atomic mass is 10.1. The smallest absolute Gasteiger partial charge is 0.317 e. The molecule has 19 heavy (non-hydrogen) atoms. The van der Waals surface area contributed by atoms with Crippen molar-refractivity contribution in [2.75, 3.05) is 13.6 Å². The number of carboxylic acids is 1. The summed E-state index contributed by atoms with van der Waals surface area (Å²) in [4.78, 5) is 23.8. The molecule has 0 spiro atoms. The van der Waals surface area contributed by atoms with Gasteiger partial charge in [0.1, 0.15) is 0 Å². The molecule has 0 heterocycles. The summed E-state index contributed by atoms with van der Waals surface area (Å²) in [6, 6.07) is 9.29. The van der Waals surface area contributed by atoms with E-state index in [9.17, 15) is 9.59 Å². The SMILES string of the molecule is CC(CC(=O)O)NC(=O)N(C)CCc1ccccc1. The van der Waals surface area contributed by atoms with Crippen LogP contribution in [0.4, 0.5) is 4.79 Å². The Kier molecular flexibility index (Phi) is 5.85. The van der Waals surface area contributed by atoms with Crippen molar-refractivity contribution < 1.29 is 14.7 Å². The van der Waals surface area contributed by atoms with Gasteiger partial charge in [-0.15, -0.1) is 0 Å². The summed E-state index contributed by atoms with van der Waals surface area (Å²) in [5.74, 6) is -0.917. The van der Waals surface area contributed by atoms with Gasteiger partial charge in [-0.1, -0.05) is 30.3 Å². The molecule has 5 heteroatoms. The fraction of sp³-hybridized carbons (Fsp3) is 0.429. The standard InChI is InChI=1S/C14H20N2O3/c1-11(10-13(17)18)15-14(19)16(2)9-8-12-6-4-3-5-7-12/h3-7,11H,8-10H2,1-2H3,(H,15,19)(H,17,18). The van der Waals surface area contributed by atoms with Crippen LogP contribution in [0.15, 0.2) is 30.3 Å². The summed E-state index contributed by atoms with van der Waals surface area (Å²) in [5.41, 5.74) is 1.17. The summed E-state index contributed by atoms with van der Waals surface area (Å²) in [7, 11) is 1.70. The Bertz CT molecular complexity index is 420. The van der Waals surface area contributed by atoms with E-state index in [2.05, 4.69) is 5.32 Å². The number of carbonyl (C=O) groups is 2. The van der Waals surface area contributed by atoms with Crippen molar-refractivity contribution >= 4 is 12.0 Å². The largest absolute Gasteiger partial charge is 0.481 e. The number of carboxylic acid groups (broad SMARTS) is 1. The summed E-state index contributed by atoms with van der Waals surface area (Å²) < 4.78 is 0. The van der Waals surface area contributed by atoms with Crippen molar-refractivity contribution in [2.45, 2.75) is 25.8 Å². The van der Waals surface area contributed by atoms with Gasteiger partial charge in [0.15, 0.2) is 0 Å². The van der Waals surface area contributed by atoms with Crippen LogP contribution in [0.2, 0.25) is 0 Å². The number of rotatable bonds is 6.